The van der Waals surface area contributed by atoms with Crippen molar-refractivity contribution in [3.63, 3.8) is 0 Å². The molecule has 0 bridgehead atoms. The molecular weight excluding hydrogens is 566 g/mol. The highest BCUT2D eigenvalue weighted by atomic mass is 32.1. The summed E-state index contributed by atoms with van der Waals surface area (Å²) in [5.74, 6) is 0.339. The number of fused-ring (bicyclic) bond motifs is 1. The van der Waals surface area contributed by atoms with Crippen LogP contribution in [0.1, 0.15) is 42.5 Å². The fourth-order valence-corrected chi connectivity index (χ4v) is 6.55. The van der Waals surface area contributed by atoms with Crippen molar-refractivity contribution < 1.29 is 13.6 Å². The highest BCUT2D eigenvalue weighted by Gasteiger charge is 2.25. The predicted octanol–water partition coefficient (Wildman–Crippen LogP) is 6.60. The number of piperidine rings is 1. The Hall–Kier alpha value is -4.02. The Kier molecular flexibility index (Phi) is 8.07. The molecule has 1 aliphatic rings. The number of benzene rings is 2. The van der Waals surface area contributed by atoms with Crippen LogP contribution in [0.4, 0.5) is 8.78 Å². The lowest BCUT2D eigenvalue weighted by atomic mass is 9.90. The number of halogens is 2. The maximum Gasteiger partial charge on any atom is 0.236 e. The van der Waals surface area contributed by atoms with Gasteiger partial charge in [-0.1, -0.05) is 19.1 Å². The molecule has 0 N–H and O–H groups in total. The Balaban J connectivity index is 1.30. The largest absolute Gasteiger partial charge is 0.348 e. The van der Waals surface area contributed by atoms with Crippen molar-refractivity contribution >= 4 is 23.1 Å². The minimum atomic E-state index is -0.322. The van der Waals surface area contributed by atoms with Crippen molar-refractivity contribution in [3.8, 4) is 33.2 Å². The molecule has 0 aliphatic carbocycles. The normalized spacial score (nSPS) is 14.5. The van der Waals surface area contributed by atoms with Gasteiger partial charge < -0.3 is 4.90 Å². The number of aromatic nitrogens is 4. The van der Waals surface area contributed by atoms with E-state index in [0.29, 0.717) is 52.0 Å². The summed E-state index contributed by atoms with van der Waals surface area (Å²) >= 11 is 1.20. The number of carbonyl (C=O) groups excluding carboxylic acids is 1. The number of pyridine rings is 1. The summed E-state index contributed by atoms with van der Waals surface area (Å²) in [6, 6.07) is 13.9. The van der Waals surface area contributed by atoms with E-state index in [1.807, 2.05) is 29.5 Å². The third-order valence-electron chi connectivity index (χ3n) is 8.37. The molecule has 0 saturated carbocycles. The molecule has 0 unspecified atom stereocenters. The second-order valence-corrected chi connectivity index (χ2v) is 12.1. The first-order chi connectivity index (χ1) is 20.7. The van der Waals surface area contributed by atoms with Crippen LogP contribution in [0.3, 0.4) is 0 Å². The number of hydrogen-bond acceptors (Lipinski definition) is 6. The average molecular weight is 601 g/mol. The molecule has 222 valence electrons. The number of aryl methyl sites for hydroxylation is 1. The van der Waals surface area contributed by atoms with Crippen LogP contribution in [-0.4, -0.2) is 68.2 Å². The molecule has 0 atom stereocenters. The molecule has 1 fully saturated rings. The van der Waals surface area contributed by atoms with Crippen molar-refractivity contribution in [2.24, 2.45) is 0 Å². The molecule has 1 aliphatic heterocycles. The molecular formula is C33H34F2N6OS. The average Bonchev–Trinajstić information content (AvgIpc) is 3.64. The van der Waals surface area contributed by atoms with Crippen LogP contribution in [0.2, 0.25) is 0 Å². The SMILES string of the molecule is CCc1nc2ccc(C3CCN(CC(=O)N(C)C)CC3)cn2c1-c1ccc(-c2nc(-c3ccc(F)cc3)ns2)c(C)c1F. The van der Waals surface area contributed by atoms with Crippen molar-refractivity contribution in [3.05, 3.63) is 83.2 Å². The molecule has 6 rings (SSSR count). The van der Waals surface area contributed by atoms with E-state index in [4.69, 9.17) is 4.98 Å². The molecule has 1 saturated heterocycles. The number of amides is 1. The van der Waals surface area contributed by atoms with Gasteiger partial charge >= 0.3 is 0 Å². The fraction of sp³-hybridized carbons (Fsp3) is 0.333. The fourth-order valence-electron chi connectivity index (χ4n) is 5.79. The Labute approximate surface area is 254 Å². The highest BCUT2D eigenvalue weighted by Crippen LogP contribution is 2.37. The molecule has 43 heavy (non-hydrogen) atoms. The second kappa shape index (κ2) is 11.9. The number of hydrogen-bond donors (Lipinski definition) is 0. The van der Waals surface area contributed by atoms with E-state index in [1.165, 1.54) is 29.2 Å². The summed E-state index contributed by atoms with van der Waals surface area (Å²) in [7, 11) is 3.58. The van der Waals surface area contributed by atoms with E-state index in [0.717, 1.165) is 43.0 Å². The highest BCUT2D eigenvalue weighted by molar-refractivity contribution is 7.09. The van der Waals surface area contributed by atoms with Gasteiger partial charge in [-0.05, 0) is 104 Å². The summed E-state index contributed by atoms with van der Waals surface area (Å²) < 4.78 is 36.1. The zero-order valence-electron chi connectivity index (χ0n) is 24.8. The number of nitrogens with zero attached hydrogens (tertiary/aromatic N) is 6. The van der Waals surface area contributed by atoms with Crippen LogP contribution in [0.15, 0.2) is 54.7 Å². The number of carbonyl (C=O) groups is 1. The summed E-state index contributed by atoms with van der Waals surface area (Å²) in [5, 5.41) is 0.608. The minimum Gasteiger partial charge on any atom is -0.348 e. The number of rotatable bonds is 7. The summed E-state index contributed by atoms with van der Waals surface area (Å²) in [5.41, 5.74) is 5.98. The third-order valence-corrected chi connectivity index (χ3v) is 9.11. The van der Waals surface area contributed by atoms with E-state index < -0.39 is 0 Å². The number of likely N-dealkylation sites (N-methyl/N-ethyl adjacent to an activating group) is 1. The van der Waals surface area contributed by atoms with Crippen molar-refractivity contribution in [2.45, 2.75) is 39.0 Å². The summed E-state index contributed by atoms with van der Waals surface area (Å²) in [6.07, 6.45) is 4.70. The number of imidazole rings is 1. The first kappa shape index (κ1) is 29.1. The lowest BCUT2D eigenvalue weighted by Crippen LogP contribution is -2.40. The molecule has 0 spiro atoms. The zero-order valence-corrected chi connectivity index (χ0v) is 25.6. The molecule has 7 nitrogen and oxygen atoms in total. The zero-order chi connectivity index (χ0) is 30.2. The van der Waals surface area contributed by atoms with Gasteiger partial charge in [-0.2, -0.15) is 4.37 Å². The van der Waals surface area contributed by atoms with Gasteiger partial charge in [0, 0.05) is 37.0 Å². The molecule has 0 radical (unpaired) electrons. The van der Waals surface area contributed by atoms with Gasteiger partial charge in [0.05, 0.1) is 17.9 Å². The summed E-state index contributed by atoms with van der Waals surface area (Å²) in [6.45, 7) is 5.98. The smallest absolute Gasteiger partial charge is 0.236 e. The van der Waals surface area contributed by atoms with Crippen LogP contribution in [0.5, 0.6) is 0 Å². The van der Waals surface area contributed by atoms with Gasteiger partial charge in [-0.3, -0.25) is 14.1 Å². The standard InChI is InChI=1S/C33H34F2N6OS/c1-5-27-31(41-18-23(8-13-28(41)36-27)21-14-16-40(17-15-21)19-29(42)39(3)4)26-12-11-25(20(2)30(26)35)33-37-32(38-43-33)22-6-9-24(34)10-7-22/h6-13,18,21H,5,14-17,19H2,1-4H3. The van der Waals surface area contributed by atoms with Crippen molar-refractivity contribution in [1.82, 2.24) is 28.5 Å². The number of likely N-dealkylation sites (tertiary alicyclic amines) is 1. The third kappa shape index (κ3) is 5.69. The van der Waals surface area contributed by atoms with E-state index in [9.17, 15) is 9.18 Å². The van der Waals surface area contributed by atoms with Gasteiger partial charge in [0.15, 0.2) is 5.82 Å². The molecule has 5 aromatic rings. The molecule has 3 aromatic heterocycles. The Morgan fingerprint density at radius 2 is 1.72 bits per heavy atom. The van der Waals surface area contributed by atoms with E-state index in [-0.39, 0.29) is 17.5 Å². The minimum absolute atomic E-state index is 0.123. The second-order valence-electron chi connectivity index (χ2n) is 11.3. The topological polar surface area (TPSA) is 66.6 Å². The van der Waals surface area contributed by atoms with Gasteiger partial charge in [-0.25, -0.2) is 18.7 Å². The molecule has 2 aromatic carbocycles. The van der Waals surface area contributed by atoms with Crippen LogP contribution in [0.25, 0.3) is 38.9 Å². The van der Waals surface area contributed by atoms with Crippen LogP contribution < -0.4 is 0 Å². The van der Waals surface area contributed by atoms with Crippen molar-refractivity contribution in [1.29, 1.82) is 0 Å². The maximum atomic E-state index is 16.2. The van der Waals surface area contributed by atoms with Gasteiger partial charge in [0.25, 0.3) is 0 Å². The van der Waals surface area contributed by atoms with Gasteiger partial charge in [0.1, 0.15) is 22.3 Å². The van der Waals surface area contributed by atoms with Gasteiger partial charge in [-0.15, -0.1) is 0 Å². The van der Waals surface area contributed by atoms with E-state index in [1.54, 1.807) is 38.1 Å². The predicted molar refractivity (Wildman–Crippen MR) is 166 cm³/mol. The maximum absolute atomic E-state index is 16.2. The Morgan fingerprint density at radius 1 is 1.00 bits per heavy atom. The first-order valence-corrected chi connectivity index (χ1v) is 15.3. The lowest BCUT2D eigenvalue weighted by molar-refractivity contribution is -0.130. The van der Waals surface area contributed by atoms with Gasteiger partial charge in [0.2, 0.25) is 5.91 Å². The van der Waals surface area contributed by atoms with Crippen LogP contribution in [0, 0.1) is 18.6 Å². The van der Waals surface area contributed by atoms with Crippen molar-refractivity contribution in [2.75, 3.05) is 33.7 Å². The molecule has 4 heterocycles. The Bertz CT molecular complexity index is 1790. The Morgan fingerprint density at radius 3 is 2.42 bits per heavy atom. The summed E-state index contributed by atoms with van der Waals surface area (Å²) in [4.78, 5) is 25.5. The molecule has 1 amide bonds. The lowest BCUT2D eigenvalue weighted by Gasteiger charge is -2.32. The quantitative estimate of drug-likeness (QED) is 0.211. The van der Waals surface area contributed by atoms with E-state index in [2.05, 4.69) is 26.5 Å². The van der Waals surface area contributed by atoms with Crippen LogP contribution in [-0.2, 0) is 11.2 Å². The van der Waals surface area contributed by atoms with Crippen LogP contribution >= 0.6 is 11.5 Å². The first-order valence-electron chi connectivity index (χ1n) is 14.6. The monoisotopic (exact) mass is 600 g/mol. The molecule has 10 heteroatoms. The van der Waals surface area contributed by atoms with E-state index >= 15 is 4.39 Å².